The van der Waals surface area contributed by atoms with E-state index in [9.17, 15) is 4.79 Å². The van der Waals surface area contributed by atoms with Crippen molar-refractivity contribution >= 4 is 18.1 Å². The maximum atomic E-state index is 11.8. The molecular weight excluding hydrogens is 352 g/mol. The number of para-hydroxylation sites is 1. The summed E-state index contributed by atoms with van der Waals surface area (Å²) < 4.78 is 16.1. The van der Waals surface area contributed by atoms with Crippen molar-refractivity contribution in [2.24, 2.45) is 0 Å². The average Bonchev–Trinajstić information content (AvgIpc) is 2.76. The molecule has 0 aliphatic heterocycles. The first-order valence-corrected chi connectivity index (χ1v) is 8.91. The molecule has 0 amide bonds. The highest BCUT2D eigenvalue weighted by molar-refractivity contribution is 5.93. The minimum atomic E-state index is -0.424. The van der Waals surface area contributed by atoms with Crippen molar-refractivity contribution < 1.29 is 19.0 Å². The molecule has 3 rings (SSSR count). The van der Waals surface area contributed by atoms with Gasteiger partial charge in [-0.25, -0.2) is 4.79 Å². The van der Waals surface area contributed by atoms with Gasteiger partial charge >= 0.3 is 5.97 Å². The number of hydrogen-bond donors (Lipinski definition) is 0. The molecular formula is C24H22O4. The Morgan fingerprint density at radius 1 is 0.857 bits per heavy atom. The summed E-state index contributed by atoms with van der Waals surface area (Å²) in [6, 6.07) is 23.3. The monoisotopic (exact) mass is 374 g/mol. The smallest absolute Gasteiger partial charge is 0.341 e. The Balaban J connectivity index is 1.78. The molecule has 0 spiro atoms. The summed E-state index contributed by atoms with van der Waals surface area (Å²) in [5.41, 5.74) is 3.38. The zero-order chi connectivity index (χ0) is 19.8. The summed E-state index contributed by atoms with van der Waals surface area (Å²) in [5, 5.41) is 0. The molecule has 4 heteroatoms. The highest BCUT2D eigenvalue weighted by Gasteiger charge is 2.12. The van der Waals surface area contributed by atoms with Gasteiger partial charge in [-0.2, -0.15) is 0 Å². The van der Waals surface area contributed by atoms with E-state index in [-0.39, 0.29) is 0 Å². The molecule has 0 atom stereocenters. The predicted octanol–water partition coefficient (Wildman–Crippen LogP) is 5.23. The minimum Gasteiger partial charge on any atom is -0.496 e. The van der Waals surface area contributed by atoms with E-state index in [1.807, 2.05) is 72.8 Å². The van der Waals surface area contributed by atoms with Gasteiger partial charge in [-0.1, -0.05) is 66.7 Å². The molecule has 0 aromatic heterocycles. The highest BCUT2D eigenvalue weighted by Crippen LogP contribution is 2.25. The third-order valence-corrected chi connectivity index (χ3v) is 4.24. The van der Waals surface area contributed by atoms with E-state index in [0.717, 1.165) is 22.4 Å². The number of carbonyl (C=O) groups is 1. The number of rotatable bonds is 7. The molecule has 0 saturated heterocycles. The van der Waals surface area contributed by atoms with Gasteiger partial charge in [0.05, 0.1) is 14.2 Å². The maximum Gasteiger partial charge on any atom is 0.341 e. The van der Waals surface area contributed by atoms with Gasteiger partial charge in [-0.15, -0.1) is 0 Å². The normalized spacial score (nSPS) is 10.6. The summed E-state index contributed by atoms with van der Waals surface area (Å²) in [6.45, 7) is 0.507. The second-order valence-electron chi connectivity index (χ2n) is 6.10. The lowest BCUT2D eigenvalue weighted by Gasteiger charge is -2.10. The standard InChI is InChI=1S/C24H22O4/c1-26-23-16-18(13-15-21(23)24(25)27-2)12-14-20-10-6-7-11-22(20)28-17-19-8-4-3-5-9-19/h3-16H,17H2,1-2H3/b14-12-. The summed E-state index contributed by atoms with van der Waals surface area (Å²) in [7, 11) is 2.88. The second-order valence-corrected chi connectivity index (χ2v) is 6.10. The predicted molar refractivity (Wildman–Crippen MR) is 110 cm³/mol. The summed E-state index contributed by atoms with van der Waals surface area (Å²) in [4.78, 5) is 11.8. The Hall–Kier alpha value is -3.53. The molecule has 0 fully saturated rings. The van der Waals surface area contributed by atoms with Crippen LogP contribution in [-0.4, -0.2) is 20.2 Å². The topological polar surface area (TPSA) is 44.8 Å². The average molecular weight is 374 g/mol. The Morgan fingerprint density at radius 2 is 1.61 bits per heavy atom. The van der Waals surface area contributed by atoms with Crippen LogP contribution in [0.15, 0.2) is 72.8 Å². The summed E-state index contributed by atoms with van der Waals surface area (Å²) in [5.74, 6) is 0.857. The summed E-state index contributed by atoms with van der Waals surface area (Å²) in [6.07, 6.45) is 3.93. The first-order chi connectivity index (χ1) is 13.7. The van der Waals surface area contributed by atoms with Crippen molar-refractivity contribution in [3.05, 3.63) is 95.1 Å². The van der Waals surface area contributed by atoms with Gasteiger partial charge in [0, 0.05) is 5.56 Å². The third-order valence-electron chi connectivity index (χ3n) is 4.24. The molecule has 0 aliphatic rings. The summed E-state index contributed by atoms with van der Waals surface area (Å²) >= 11 is 0. The lowest BCUT2D eigenvalue weighted by Crippen LogP contribution is -2.04. The number of ether oxygens (including phenoxy) is 3. The number of carbonyl (C=O) groups excluding carboxylic acids is 1. The first kappa shape index (κ1) is 19.2. The zero-order valence-electron chi connectivity index (χ0n) is 15.9. The van der Waals surface area contributed by atoms with Crippen LogP contribution in [0.25, 0.3) is 12.2 Å². The Bertz CT molecular complexity index is 961. The number of benzene rings is 3. The molecule has 3 aromatic carbocycles. The first-order valence-electron chi connectivity index (χ1n) is 8.91. The SMILES string of the molecule is COC(=O)c1ccc(/C=C\c2ccccc2OCc2ccccc2)cc1OC. The van der Waals surface area contributed by atoms with E-state index in [1.54, 1.807) is 12.1 Å². The molecule has 4 nitrogen and oxygen atoms in total. The van der Waals surface area contributed by atoms with Crippen LogP contribution < -0.4 is 9.47 Å². The lowest BCUT2D eigenvalue weighted by molar-refractivity contribution is 0.0597. The van der Waals surface area contributed by atoms with Crippen molar-refractivity contribution in [3.63, 3.8) is 0 Å². The van der Waals surface area contributed by atoms with Crippen molar-refractivity contribution in [2.75, 3.05) is 14.2 Å². The molecule has 0 N–H and O–H groups in total. The maximum absolute atomic E-state index is 11.8. The molecule has 0 saturated carbocycles. The quantitative estimate of drug-likeness (QED) is 0.419. The van der Waals surface area contributed by atoms with Gasteiger partial charge in [0.1, 0.15) is 23.7 Å². The van der Waals surface area contributed by atoms with E-state index in [2.05, 4.69) is 0 Å². The zero-order valence-corrected chi connectivity index (χ0v) is 15.9. The minimum absolute atomic E-state index is 0.397. The van der Waals surface area contributed by atoms with Gasteiger partial charge < -0.3 is 14.2 Å². The van der Waals surface area contributed by atoms with Crippen LogP contribution in [0.2, 0.25) is 0 Å². The van der Waals surface area contributed by atoms with Crippen LogP contribution in [-0.2, 0) is 11.3 Å². The van der Waals surface area contributed by atoms with Crippen molar-refractivity contribution in [1.29, 1.82) is 0 Å². The molecule has 28 heavy (non-hydrogen) atoms. The van der Waals surface area contributed by atoms with Crippen LogP contribution >= 0.6 is 0 Å². The van der Waals surface area contributed by atoms with Crippen molar-refractivity contribution in [1.82, 2.24) is 0 Å². The van der Waals surface area contributed by atoms with Crippen LogP contribution in [0.4, 0.5) is 0 Å². The van der Waals surface area contributed by atoms with E-state index >= 15 is 0 Å². The second kappa shape index (κ2) is 9.42. The largest absolute Gasteiger partial charge is 0.496 e. The number of esters is 1. The fourth-order valence-electron chi connectivity index (χ4n) is 2.76. The van der Waals surface area contributed by atoms with Crippen molar-refractivity contribution in [3.8, 4) is 11.5 Å². The highest BCUT2D eigenvalue weighted by atomic mass is 16.5. The fourth-order valence-corrected chi connectivity index (χ4v) is 2.76. The van der Waals surface area contributed by atoms with Gasteiger partial charge in [0.25, 0.3) is 0 Å². The molecule has 0 unspecified atom stereocenters. The van der Waals surface area contributed by atoms with E-state index in [4.69, 9.17) is 14.2 Å². The van der Waals surface area contributed by atoms with Gasteiger partial charge in [-0.3, -0.25) is 0 Å². The Morgan fingerprint density at radius 3 is 2.36 bits per heavy atom. The molecule has 0 bridgehead atoms. The van der Waals surface area contributed by atoms with Crippen LogP contribution in [0, 0.1) is 0 Å². The Labute approximate surface area is 165 Å². The van der Waals surface area contributed by atoms with Crippen molar-refractivity contribution in [2.45, 2.75) is 6.61 Å². The third kappa shape index (κ3) is 4.80. The molecule has 142 valence electrons. The molecule has 0 aliphatic carbocycles. The van der Waals surface area contributed by atoms with Crippen LogP contribution in [0.5, 0.6) is 11.5 Å². The van der Waals surface area contributed by atoms with Gasteiger partial charge in [-0.05, 0) is 29.3 Å². The number of hydrogen-bond acceptors (Lipinski definition) is 4. The van der Waals surface area contributed by atoms with Gasteiger partial charge in [0.2, 0.25) is 0 Å². The van der Waals surface area contributed by atoms with Gasteiger partial charge in [0.15, 0.2) is 0 Å². The van der Waals surface area contributed by atoms with E-state index < -0.39 is 5.97 Å². The molecule has 0 radical (unpaired) electrons. The molecule has 3 aromatic rings. The fraction of sp³-hybridized carbons (Fsp3) is 0.125. The Kier molecular flexibility index (Phi) is 6.47. The van der Waals surface area contributed by atoms with E-state index in [0.29, 0.717) is 17.9 Å². The van der Waals surface area contributed by atoms with Crippen LogP contribution in [0.3, 0.4) is 0 Å². The number of methoxy groups -OCH3 is 2. The van der Waals surface area contributed by atoms with Crippen LogP contribution in [0.1, 0.15) is 27.0 Å². The lowest BCUT2D eigenvalue weighted by atomic mass is 10.1. The molecule has 0 heterocycles. The van der Waals surface area contributed by atoms with E-state index in [1.165, 1.54) is 14.2 Å².